The minimum atomic E-state index is -2.92. The molecule has 0 aromatic carbocycles. The maximum absolute atomic E-state index is 13.3. The number of hydrogen-bond acceptors (Lipinski definition) is 11. The van der Waals surface area contributed by atoms with Crippen molar-refractivity contribution >= 4 is 11.8 Å². The maximum atomic E-state index is 13.3. The highest BCUT2D eigenvalue weighted by atomic mass is 19.3. The second kappa shape index (κ2) is 20.1. The minimum absolute atomic E-state index is 0.0104. The standard InChI is InChI=1S/C11H18F2N4.C10H18N2O.C10H16N2.C9H18N2O.C9H16N2/c1-10(2,3)16-5-6-17-8(7-16)14-15-9(17)11(4,12)13;1-10(2,3)12-7-4-6(7)5-8(12)9(11)13;1-10(2,3)12-8(6-11)4-7-5-9(7)12;1-9(2,3)11-6-4-5-7(11)8(10)12;1-9(2,3)11-6-4-5-8(11)7-10/h5-7H2,1-4H3;6-8H,4-5H2,1-3H3,(H2,11,13);7-9H,4-5H2,1-3H3;7H,4-6H2,1-3H3,(H2,10,12);8H,4-6H2,1-3H3. The van der Waals surface area contributed by atoms with Gasteiger partial charge in [0.25, 0.3) is 0 Å². The van der Waals surface area contributed by atoms with Gasteiger partial charge >= 0.3 is 5.92 Å². The first kappa shape index (κ1) is 54.3. The molecule has 6 heterocycles. The van der Waals surface area contributed by atoms with Gasteiger partial charge in [-0.1, -0.05) is 0 Å². The summed E-state index contributed by atoms with van der Waals surface area (Å²) in [5.74, 6) is -1.26. The average molecular weight is 913 g/mol. The van der Waals surface area contributed by atoms with E-state index in [0.717, 1.165) is 76.5 Å². The first-order chi connectivity index (χ1) is 29.6. The van der Waals surface area contributed by atoms with Gasteiger partial charge in [-0.3, -0.25) is 34.1 Å². The van der Waals surface area contributed by atoms with E-state index in [-0.39, 0.29) is 69.5 Å². The largest absolute Gasteiger partial charge is 0.368 e. The summed E-state index contributed by atoms with van der Waals surface area (Å²) in [4.78, 5) is 33.6. The number of piperidine rings is 2. The highest BCUT2D eigenvalue weighted by molar-refractivity contribution is 5.81. The molecule has 2 aliphatic carbocycles. The van der Waals surface area contributed by atoms with Crippen molar-refractivity contribution in [2.75, 3.05) is 19.6 Å². The Labute approximate surface area is 390 Å². The number of alkyl halides is 2. The van der Waals surface area contributed by atoms with Crippen LogP contribution in [0.4, 0.5) is 8.78 Å². The number of nitriles is 2. The quantitative estimate of drug-likeness (QED) is 0.318. The molecule has 8 atom stereocenters. The minimum Gasteiger partial charge on any atom is -0.368 e. The van der Waals surface area contributed by atoms with Crippen molar-refractivity contribution < 1.29 is 18.4 Å². The Hall–Kier alpha value is -3.28. The van der Waals surface area contributed by atoms with E-state index in [1.165, 1.54) is 19.3 Å². The van der Waals surface area contributed by atoms with Crippen LogP contribution < -0.4 is 11.5 Å². The number of carbonyl (C=O) groups is 2. The zero-order valence-corrected chi connectivity index (χ0v) is 43.0. The summed E-state index contributed by atoms with van der Waals surface area (Å²) in [7, 11) is 0. The van der Waals surface area contributed by atoms with Crippen molar-refractivity contribution in [1.82, 2.24) is 39.3 Å². The number of aromatic nitrogens is 3. The van der Waals surface area contributed by atoms with Gasteiger partial charge in [-0.25, -0.2) is 0 Å². The fraction of sp³-hybridized carbons (Fsp3) is 0.878. The molecule has 6 fully saturated rings. The Morgan fingerprint density at radius 2 is 1.08 bits per heavy atom. The van der Waals surface area contributed by atoms with E-state index in [1.54, 1.807) is 4.57 Å². The molecule has 4 saturated heterocycles. The summed E-state index contributed by atoms with van der Waals surface area (Å²) in [5.41, 5.74) is 11.2. The first-order valence-electron chi connectivity index (χ1n) is 24.2. The van der Waals surface area contributed by atoms with Crippen LogP contribution >= 0.6 is 0 Å². The van der Waals surface area contributed by atoms with E-state index in [2.05, 4.69) is 151 Å². The Balaban J connectivity index is 0.000000179. The molecule has 2 saturated carbocycles. The van der Waals surface area contributed by atoms with Crippen LogP contribution in [0.15, 0.2) is 0 Å². The third kappa shape index (κ3) is 13.9. The van der Waals surface area contributed by atoms with E-state index in [1.807, 2.05) is 0 Å². The third-order valence-electron chi connectivity index (χ3n) is 14.0. The molecule has 368 valence electrons. The lowest BCUT2D eigenvalue weighted by atomic mass is 10.0. The zero-order valence-electron chi connectivity index (χ0n) is 43.0. The van der Waals surface area contributed by atoms with Gasteiger partial charge in [0.05, 0.1) is 42.9 Å². The highest BCUT2D eigenvalue weighted by Gasteiger charge is 2.57. The number of rotatable bonds is 3. The van der Waals surface area contributed by atoms with E-state index < -0.39 is 5.92 Å². The molecule has 1 aromatic heterocycles. The Bertz CT molecular complexity index is 1870. The molecule has 7 aliphatic rings. The second-order valence-corrected chi connectivity index (χ2v) is 24.5. The van der Waals surface area contributed by atoms with Gasteiger partial charge in [-0.05, 0) is 174 Å². The molecule has 65 heavy (non-hydrogen) atoms. The van der Waals surface area contributed by atoms with Crippen LogP contribution in [0, 0.1) is 34.5 Å². The molecule has 1 aromatic rings. The number of nitrogens with zero attached hydrogens (tertiary/aromatic N) is 10. The smallest absolute Gasteiger partial charge is 0.304 e. The van der Waals surface area contributed by atoms with Gasteiger partial charge in [0, 0.05) is 66.3 Å². The molecule has 8 rings (SSSR count). The lowest BCUT2D eigenvalue weighted by molar-refractivity contribution is -0.125. The van der Waals surface area contributed by atoms with Crippen molar-refractivity contribution in [3.05, 3.63) is 11.6 Å². The fourth-order valence-electron chi connectivity index (χ4n) is 10.8. The van der Waals surface area contributed by atoms with Crippen molar-refractivity contribution in [2.45, 2.75) is 245 Å². The molecule has 0 bridgehead atoms. The van der Waals surface area contributed by atoms with Crippen LogP contribution in [0.3, 0.4) is 0 Å². The fourth-order valence-corrected chi connectivity index (χ4v) is 10.8. The molecule has 5 aliphatic heterocycles. The summed E-state index contributed by atoms with van der Waals surface area (Å²) in [6.07, 6.45) is 8.92. The van der Waals surface area contributed by atoms with Gasteiger partial charge in [-0.2, -0.15) is 19.3 Å². The first-order valence-corrected chi connectivity index (χ1v) is 24.2. The highest BCUT2D eigenvalue weighted by Crippen LogP contribution is 2.51. The van der Waals surface area contributed by atoms with Crippen molar-refractivity contribution in [3.63, 3.8) is 0 Å². The number of carbonyl (C=O) groups excluding carboxylic acids is 2. The predicted octanol–water partition coefficient (Wildman–Crippen LogP) is 7.02. The summed E-state index contributed by atoms with van der Waals surface area (Å²) in [6.45, 7) is 37.1. The third-order valence-corrected chi connectivity index (χ3v) is 14.0. The summed E-state index contributed by atoms with van der Waals surface area (Å²) in [6, 6.07) is 6.42. The van der Waals surface area contributed by atoms with Gasteiger partial charge in [0.15, 0.2) is 0 Å². The Morgan fingerprint density at radius 3 is 1.48 bits per heavy atom. The summed E-state index contributed by atoms with van der Waals surface area (Å²) in [5, 5.41) is 25.3. The lowest BCUT2D eigenvalue weighted by Crippen LogP contribution is -2.51. The zero-order chi connectivity index (χ0) is 49.4. The molecular weight excluding hydrogens is 827 g/mol. The van der Waals surface area contributed by atoms with Gasteiger partial charge in [0.2, 0.25) is 17.6 Å². The lowest BCUT2D eigenvalue weighted by Gasteiger charge is -2.38. The predicted molar refractivity (Wildman–Crippen MR) is 252 cm³/mol. The number of likely N-dealkylation sites (tertiary alicyclic amines) is 4. The molecular formula is C49H86F2N12O2. The summed E-state index contributed by atoms with van der Waals surface area (Å²) < 4.78 is 28.1. The van der Waals surface area contributed by atoms with Crippen molar-refractivity contribution in [1.29, 1.82) is 10.5 Å². The summed E-state index contributed by atoms with van der Waals surface area (Å²) >= 11 is 0. The number of nitrogens with two attached hydrogens (primary N) is 2. The van der Waals surface area contributed by atoms with Gasteiger partial charge in [-0.15, -0.1) is 10.2 Å². The van der Waals surface area contributed by atoms with Gasteiger partial charge < -0.3 is 16.0 Å². The van der Waals surface area contributed by atoms with Crippen LogP contribution in [0.25, 0.3) is 0 Å². The number of halogens is 2. The molecule has 8 unspecified atom stereocenters. The Kier molecular flexibility index (Phi) is 16.8. The van der Waals surface area contributed by atoms with Crippen LogP contribution in [-0.2, 0) is 28.6 Å². The van der Waals surface area contributed by atoms with Crippen LogP contribution in [0.5, 0.6) is 0 Å². The monoisotopic (exact) mass is 913 g/mol. The molecule has 16 heteroatoms. The van der Waals surface area contributed by atoms with Crippen molar-refractivity contribution in [3.8, 4) is 12.1 Å². The van der Waals surface area contributed by atoms with E-state index in [0.29, 0.717) is 25.0 Å². The molecule has 2 amide bonds. The Morgan fingerprint density at radius 1 is 0.585 bits per heavy atom. The topological polar surface area (TPSA) is 181 Å². The SMILES string of the molecule is CC(C)(C)N1C(C#N)CC2CC21.CC(C)(C)N1C(C(N)=O)CC2CC21.CC(C)(C)N1CCCC1C#N.CC(C)(C)N1CCCC1C(N)=O.CC(F)(F)c1nnc2n1CCN(C(C)(C)C)C2. The molecule has 4 N–H and O–H groups in total. The maximum Gasteiger partial charge on any atom is 0.304 e. The second-order valence-electron chi connectivity index (χ2n) is 24.5. The van der Waals surface area contributed by atoms with E-state index >= 15 is 0 Å². The number of fused-ring (bicyclic) bond motifs is 3. The average Bonchev–Trinajstić information content (AvgIpc) is 3.67. The van der Waals surface area contributed by atoms with E-state index in [4.69, 9.17) is 22.0 Å². The number of primary amides is 2. The number of amides is 2. The molecule has 0 spiro atoms. The molecule has 0 radical (unpaired) electrons. The normalized spacial score (nSPS) is 29.4. The van der Waals surface area contributed by atoms with Crippen LogP contribution in [0.2, 0.25) is 0 Å². The molecule has 14 nitrogen and oxygen atoms in total. The van der Waals surface area contributed by atoms with E-state index in [9.17, 15) is 18.4 Å². The van der Waals surface area contributed by atoms with Crippen molar-refractivity contribution in [2.24, 2.45) is 23.3 Å². The number of hydrogen-bond donors (Lipinski definition) is 2. The van der Waals surface area contributed by atoms with Crippen LogP contribution in [0.1, 0.15) is 174 Å². The van der Waals surface area contributed by atoms with Gasteiger partial charge in [0.1, 0.15) is 5.82 Å². The van der Waals surface area contributed by atoms with Crippen LogP contribution in [-0.4, -0.2) is 135 Å².